The fraction of sp³-hybridized carbons (Fsp3) is 0.278. The highest BCUT2D eigenvalue weighted by Crippen LogP contribution is 2.28. The molecule has 0 spiro atoms. The van der Waals surface area contributed by atoms with Crippen molar-refractivity contribution < 1.29 is 9.50 Å². The minimum absolute atomic E-state index is 0.311. The molecule has 23 heavy (non-hydrogen) atoms. The van der Waals surface area contributed by atoms with E-state index in [9.17, 15) is 9.50 Å². The first-order valence-electron chi connectivity index (χ1n) is 7.61. The summed E-state index contributed by atoms with van der Waals surface area (Å²) in [4.78, 5) is 4.35. The Bertz CT molecular complexity index is 815. The first-order chi connectivity index (χ1) is 11.1. The topological polar surface area (TPSA) is 50.1 Å². The highest BCUT2D eigenvalue weighted by atomic mass is 19.1. The third-order valence-corrected chi connectivity index (χ3v) is 4.01. The van der Waals surface area contributed by atoms with Crippen molar-refractivity contribution in [3.63, 3.8) is 0 Å². The van der Waals surface area contributed by atoms with Crippen molar-refractivity contribution in [2.45, 2.75) is 19.1 Å². The number of halogens is 1. The number of likely N-dealkylation sites (N-methyl/N-ethyl adjacent to an activating group) is 1. The van der Waals surface area contributed by atoms with Gasteiger partial charge in [0.25, 0.3) is 0 Å². The lowest BCUT2D eigenvalue weighted by Gasteiger charge is -2.26. The molecule has 0 fully saturated rings. The zero-order valence-corrected chi connectivity index (χ0v) is 13.2. The van der Waals surface area contributed by atoms with Gasteiger partial charge in [0.15, 0.2) is 0 Å². The fourth-order valence-corrected chi connectivity index (χ4v) is 2.99. The Labute approximate surface area is 134 Å². The summed E-state index contributed by atoms with van der Waals surface area (Å²) in [6, 6.07) is 9.97. The van der Waals surface area contributed by atoms with E-state index in [1.54, 1.807) is 19.3 Å². The number of nitrogens with one attached hydrogen (secondary N) is 1. The zero-order chi connectivity index (χ0) is 16.4. The van der Waals surface area contributed by atoms with Crippen molar-refractivity contribution >= 4 is 10.9 Å². The van der Waals surface area contributed by atoms with Crippen LogP contribution in [0.2, 0.25) is 0 Å². The molecule has 0 saturated carbocycles. The summed E-state index contributed by atoms with van der Waals surface area (Å²) in [6.45, 7) is 2.34. The molecule has 3 rings (SSSR count). The molecule has 2 heterocycles. The molecule has 2 aromatic heterocycles. The number of aliphatic hydroxyl groups is 1. The summed E-state index contributed by atoms with van der Waals surface area (Å²) < 4.78 is 15.6. The molecule has 4 nitrogen and oxygen atoms in total. The maximum absolute atomic E-state index is 13.7. The van der Waals surface area contributed by atoms with Crippen molar-refractivity contribution in [2.24, 2.45) is 0 Å². The Morgan fingerprint density at radius 1 is 1.30 bits per heavy atom. The Morgan fingerprint density at radius 2 is 2.13 bits per heavy atom. The molecule has 120 valence electrons. The number of rotatable bonds is 5. The summed E-state index contributed by atoms with van der Waals surface area (Å²) in [5, 5.41) is 14.6. The van der Waals surface area contributed by atoms with Gasteiger partial charge >= 0.3 is 0 Å². The van der Waals surface area contributed by atoms with Gasteiger partial charge in [0.05, 0.1) is 23.9 Å². The number of aromatic nitrogens is 2. The normalized spacial score (nSPS) is 14.1. The monoisotopic (exact) mass is 313 g/mol. The molecule has 0 amide bonds. The first kappa shape index (κ1) is 15.6. The maximum Gasteiger partial charge on any atom is 0.123 e. The molecule has 0 aliphatic carbocycles. The van der Waals surface area contributed by atoms with Gasteiger partial charge in [-0.15, -0.1) is 0 Å². The van der Waals surface area contributed by atoms with E-state index in [4.69, 9.17) is 0 Å². The van der Waals surface area contributed by atoms with E-state index in [2.05, 4.69) is 10.3 Å². The number of nitrogens with zero attached hydrogens (tertiary/aromatic N) is 2. The number of aryl methyl sites for hydroxylation is 1. The van der Waals surface area contributed by atoms with Crippen LogP contribution in [0.4, 0.5) is 4.39 Å². The summed E-state index contributed by atoms with van der Waals surface area (Å²) in [6.07, 6.45) is 3.02. The lowest BCUT2D eigenvalue weighted by Crippen LogP contribution is -2.33. The molecule has 0 aliphatic rings. The standard InChI is InChI=1S/C18H20FN3O/c1-12-8-13-6-7-22(16(13)10-21-12)18(17(23)11-20-2)14-4-3-5-15(19)9-14/h3-10,17-18,20,23H,11H2,1-2H3. The third-order valence-electron chi connectivity index (χ3n) is 4.01. The van der Waals surface area contributed by atoms with Gasteiger partial charge < -0.3 is 15.0 Å². The van der Waals surface area contributed by atoms with Crippen LogP contribution in [0, 0.1) is 12.7 Å². The second kappa shape index (κ2) is 6.48. The summed E-state index contributed by atoms with van der Waals surface area (Å²) >= 11 is 0. The fourth-order valence-electron chi connectivity index (χ4n) is 2.99. The smallest absolute Gasteiger partial charge is 0.123 e. The van der Waals surface area contributed by atoms with Crippen molar-refractivity contribution in [1.82, 2.24) is 14.9 Å². The summed E-state index contributed by atoms with van der Waals surface area (Å²) in [7, 11) is 1.78. The highest BCUT2D eigenvalue weighted by molar-refractivity contribution is 5.80. The van der Waals surface area contributed by atoms with Crippen LogP contribution in [0.1, 0.15) is 17.3 Å². The Hall–Kier alpha value is -2.24. The van der Waals surface area contributed by atoms with E-state index in [1.165, 1.54) is 12.1 Å². The van der Waals surface area contributed by atoms with Gasteiger partial charge in [-0.3, -0.25) is 4.98 Å². The molecule has 0 bridgehead atoms. The molecule has 3 aromatic rings. The van der Waals surface area contributed by atoms with Gasteiger partial charge in [-0.1, -0.05) is 12.1 Å². The number of hydrogen-bond acceptors (Lipinski definition) is 3. The predicted octanol–water partition coefficient (Wildman–Crippen LogP) is 2.65. The molecule has 5 heteroatoms. The number of hydrogen-bond donors (Lipinski definition) is 2. The van der Waals surface area contributed by atoms with Crippen LogP contribution >= 0.6 is 0 Å². The quantitative estimate of drug-likeness (QED) is 0.761. The Balaban J connectivity index is 2.13. The lowest BCUT2D eigenvalue weighted by atomic mass is 10.0. The molecule has 0 aliphatic heterocycles. The third kappa shape index (κ3) is 3.11. The molecule has 2 unspecified atom stereocenters. The second-order valence-corrected chi connectivity index (χ2v) is 5.73. The van der Waals surface area contributed by atoms with Gasteiger partial charge in [0.1, 0.15) is 5.82 Å². The van der Waals surface area contributed by atoms with Crippen LogP contribution in [0.15, 0.2) is 48.8 Å². The van der Waals surface area contributed by atoms with Gasteiger partial charge in [0, 0.05) is 23.8 Å². The lowest BCUT2D eigenvalue weighted by molar-refractivity contribution is 0.132. The maximum atomic E-state index is 13.7. The van der Waals surface area contributed by atoms with Crippen molar-refractivity contribution in [3.8, 4) is 0 Å². The van der Waals surface area contributed by atoms with E-state index >= 15 is 0 Å². The van der Waals surface area contributed by atoms with Crippen LogP contribution in [-0.2, 0) is 0 Å². The van der Waals surface area contributed by atoms with Gasteiger partial charge in [-0.25, -0.2) is 4.39 Å². The molecule has 0 saturated heterocycles. The minimum Gasteiger partial charge on any atom is -0.389 e. The van der Waals surface area contributed by atoms with E-state index in [1.807, 2.05) is 35.9 Å². The van der Waals surface area contributed by atoms with Crippen LogP contribution in [0.5, 0.6) is 0 Å². The van der Waals surface area contributed by atoms with Crippen LogP contribution < -0.4 is 5.32 Å². The van der Waals surface area contributed by atoms with E-state index in [-0.39, 0.29) is 11.9 Å². The van der Waals surface area contributed by atoms with Crippen molar-refractivity contribution in [3.05, 3.63) is 65.9 Å². The number of aliphatic hydroxyl groups excluding tert-OH is 1. The van der Waals surface area contributed by atoms with E-state index < -0.39 is 6.10 Å². The van der Waals surface area contributed by atoms with Gasteiger partial charge in [-0.2, -0.15) is 0 Å². The molecule has 0 radical (unpaired) electrons. The van der Waals surface area contributed by atoms with Gasteiger partial charge in [0.2, 0.25) is 0 Å². The predicted molar refractivity (Wildman–Crippen MR) is 88.9 cm³/mol. The highest BCUT2D eigenvalue weighted by Gasteiger charge is 2.24. The molecular weight excluding hydrogens is 293 g/mol. The van der Waals surface area contributed by atoms with Crippen molar-refractivity contribution in [2.75, 3.05) is 13.6 Å². The number of pyridine rings is 1. The zero-order valence-electron chi connectivity index (χ0n) is 13.2. The SMILES string of the molecule is CNCC(O)C(c1cccc(F)c1)n1ccc2cc(C)ncc21. The second-order valence-electron chi connectivity index (χ2n) is 5.73. The van der Waals surface area contributed by atoms with Crippen molar-refractivity contribution in [1.29, 1.82) is 0 Å². The summed E-state index contributed by atoms with van der Waals surface area (Å²) in [5.74, 6) is -0.311. The van der Waals surface area contributed by atoms with Crippen LogP contribution in [-0.4, -0.2) is 34.4 Å². The van der Waals surface area contributed by atoms with E-state index in [0.29, 0.717) is 6.54 Å². The average Bonchev–Trinajstić information content (AvgIpc) is 2.91. The molecule has 2 atom stereocenters. The largest absolute Gasteiger partial charge is 0.389 e. The Kier molecular flexibility index (Phi) is 4.41. The number of fused-ring (bicyclic) bond motifs is 1. The Morgan fingerprint density at radius 3 is 2.87 bits per heavy atom. The van der Waals surface area contributed by atoms with Crippen LogP contribution in [0.3, 0.4) is 0 Å². The minimum atomic E-state index is -0.696. The van der Waals surface area contributed by atoms with E-state index in [0.717, 1.165) is 22.2 Å². The molecule has 1 aromatic carbocycles. The molecular formula is C18H20FN3O. The summed E-state index contributed by atoms with van der Waals surface area (Å²) in [5.41, 5.74) is 2.58. The van der Waals surface area contributed by atoms with Gasteiger partial charge in [-0.05, 0) is 43.8 Å². The average molecular weight is 313 g/mol. The molecule has 2 N–H and O–H groups in total. The number of benzene rings is 1. The first-order valence-corrected chi connectivity index (χ1v) is 7.61. The van der Waals surface area contributed by atoms with Crippen LogP contribution in [0.25, 0.3) is 10.9 Å².